The van der Waals surface area contributed by atoms with Crippen LogP contribution in [-0.4, -0.2) is 60.9 Å². The van der Waals surface area contributed by atoms with E-state index in [2.05, 4.69) is 4.90 Å². The van der Waals surface area contributed by atoms with Crippen molar-refractivity contribution in [3.63, 3.8) is 0 Å². The smallest absolute Gasteiger partial charge is 0.237 e. The Morgan fingerprint density at radius 1 is 0.966 bits per heavy atom. The van der Waals surface area contributed by atoms with Crippen LogP contribution < -0.4 is 10.6 Å². The first-order valence-corrected chi connectivity index (χ1v) is 9.85. The second kappa shape index (κ2) is 10.0. The number of para-hydroxylation sites is 1. The molecular weight excluding hydrogens is 371 g/mol. The van der Waals surface area contributed by atoms with Gasteiger partial charge in [0.1, 0.15) is 5.82 Å². The predicted molar refractivity (Wildman–Crippen MR) is 111 cm³/mol. The van der Waals surface area contributed by atoms with E-state index in [1.807, 2.05) is 41.3 Å². The molecule has 154 valence electrons. The van der Waals surface area contributed by atoms with E-state index in [0.717, 1.165) is 5.56 Å². The summed E-state index contributed by atoms with van der Waals surface area (Å²) in [6, 6.07) is 16.4. The molecule has 1 saturated heterocycles. The Hall–Kier alpha value is -2.93. The Morgan fingerprint density at radius 3 is 2.28 bits per heavy atom. The fourth-order valence-corrected chi connectivity index (χ4v) is 3.49. The lowest BCUT2D eigenvalue weighted by molar-refractivity contribution is -0.133. The van der Waals surface area contributed by atoms with E-state index in [1.165, 1.54) is 6.07 Å². The molecule has 0 unspecified atom stereocenters. The molecule has 3 rings (SSSR count). The zero-order valence-corrected chi connectivity index (χ0v) is 16.5. The minimum absolute atomic E-state index is 0.0329. The third-order valence-electron chi connectivity index (χ3n) is 5.12. The third-order valence-corrected chi connectivity index (χ3v) is 5.12. The summed E-state index contributed by atoms with van der Waals surface area (Å²) < 4.78 is 14.0. The number of hydrogen-bond acceptors (Lipinski definition) is 4. The minimum Gasteiger partial charge on any atom is -0.370 e. The lowest BCUT2D eigenvalue weighted by Crippen LogP contribution is -2.50. The van der Waals surface area contributed by atoms with Gasteiger partial charge in [0.05, 0.1) is 12.2 Å². The first-order valence-electron chi connectivity index (χ1n) is 9.85. The van der Waals surface area contributed by atoms with Crippen molar-refractivity contribution in [1.82, 2.24) is 9.80 Å². The van der Waals surface area contributed by atoms with Crippen molar-refractivity contribution in [2.75, 3.05) is 44.2 Å². The van der Waals surface area contributed by atoms with E-state index < -0.39 is 5.91 Å². The molecule has 7 heteroatoms. The SMILES string of the molecule is NC(=O)CCN(Cc1ccccc1)C(=O)CN1CCN(c2ccccc2F)CC1. The van der Waals surface area contributed by atoms with Crippen LogP contribution >= 0.6 is 0 Å². The molecule has 6 nitrogen and oxygen atoms in total. The van der Waals surface area contributed by atoms with Gasteiger partial charge in [-0.2, -0.15) is 0 Å². The van der Waals surface area contributed by atoms with Gasteiger partial charge in [0.15, 0.2) is 0 Å². The van der Waals surface area contributed by atoms with Crippen molar-refractivity contribution in [2.45, 2.75) is 13.0 Å². The molecule has 29 heavy (non-hydrogen) atoms. The maximum Gasteiger partial charge on any atom is 0.237 e. The van der Waals surface area contributed by atoms with Gasteiger partial charge in [0.2, 0.25) is 11.8 Å². The summed E-state index contributed by atoms with van der Waals surface area (Å²) in [5.74, 6) is -0.679. The van der Waals surface area contributed by atoms with E-state index in [1.54, 1.807) is 17.0 Å². The maximum atomic E-state index is 14.0. The molecule has 2 aromatic carbocycles. The molecule has 0 atom stereocenters. The van der Waals surface area contributed by atoms with Crippen molar-refractivity contribution in [3.8, 4) is 0 Å². The Labute approximate surface area is 170 Å². The standard InChI is InChI=1S/C22H27FN4O2/c23-19-8-4-5-9-20(19)26-14-12-25(13-15-26)17-22(29)27(11-10-21(24)28)16-18-6-2-1-3-7-18/h1-9H,10-17H2,(H2,24,28). The van der Waals surface area contributed by atoms with Gasteiger partial charge in [-0.15, -0.1) is 0 Å². The molecule has 0 saturated carbocycles. The van der Waals surface area contributed by atoms with E-state index in [-0.39, 0.29) is 24.7 Å². The molecule has 2 N–H and O–H groups in total. The van der Waals surface area contributed by atoms with Gasteiger partial charge < -0.3 is 15.5 Å². The molecule has 0 aromatic heterocycles. The average Bonchev–Trinajstić information content (AvgIpc) is 2.73. The highest BCUT2D eigenvalue weighted by Gasteiger charge is 2.23. The van der Waals surface area contributed by atoms with Crippen molar-refractivity contribution < 1.29 is 14.0 Å². The molecule has 1 aliphatic rings. The monoisotopic (exact) mass is 398 g/mol. The number of amides is 2. The van der Waals surface area contributed by atoms with Crippen LogP contribution in [0.15, 0.2) is 54.6 Å². The summed E-state index contributed by atoms with van der Waals surface area (Å²) in [4.78, 5) is 29.9. The molecule has 0 spiro atoms. The van der Waals surface area contributed by atoms with Crippen LogP contribution in [0.25, 0.3) is 0 Å². The number of halogens is 1. The number of hydrogen-bond donors (Lipinski definition) is 1. The van der Waals surface area contributed by atoms with Gasteiger partial charge in [-0.1, -0.05) is 42.5 Å². The van der Waals surface area contributed by atoms with Gasteiger partial charge >= 0.3 is 0 Å². The van der Waals surface area contributed by atoms with Crippen LogP contribution in [0.1, 0.15) is 12.0 Å². The maximum absolute atomic E-state index is 14.0. The number of benzene rings is 2. The summed E-state index contributed by atoms with van der Waals surface area (Å²) >= 11 is 0. The minimum atomic E-state index is -0.422. The van der Waals surface area contributed by atoms with Gasteiger partial charge in [0.25, 0.3) is 0 Å². The molecule has 2 aromatic rings. The van der Waals surface area contributed by atoms with E-state index in [0.29, 0.717) is 45.0 Å². The van der Waals surface area contributed by atoms with E-state index in [9.17, 15) is 14.0 Å². The van der Waals surface area contributed by atoms with Crippen LogP contribution in [0.2, 0.25) is 0 Å². The quantitative estimate of drug-likeness (QED) is 0.737. The number of nitrogens with zero attached hydrogens (tertiary/aromatic N) is 3. The summed E-state index contributed by atoms with van der Waals surface area (Å²) in [6.45, 7) is 3.70. The van der Waals surface area contributed by atoms with Crippen LogP contribution in [0, 0.1) is 5.82 Å². The topological polar surface area (TPSA) is 69.9 Å². The number of piperazine rings is 1. The molecular formula is C22H27FN4O2. The number of nitrogens with two attached hydrogens (primary N) is 1. The largest absolute Gasteiger partial charge is 0.370 e. The predicted octanol–water partition coefficient (Wildman–Crippen LogP) is 1.85. The lowest BCUT2D eigenvalue weighted by Gasteiger charge is -2.36. The summed E-state index contributed by atoms with van der Waals surface area (Å²) in [6.07, 6.45) is 0.139. The molecule has 1 aliphatic heterocycles. The first kappa shape index (κ1) is 20.8. The van der Waals surface area contributed by atoms with Gasteiger partial charge in [-0.25, -0.2) is 4.39 Å². The Bertz CT molecular complexity index is 823. The highest BCUT2D eigenvalue weighted by molar-refractivity contribution is 5.79. The van der Waals surface area contributed by atoms with Crippen molar-refractivity contribution in [3.05, 3.63) is 66.0 Å². The van der Waals surface area contributed by atoms with Crippen molar-refractivity contribution in [1.29, 1.82) is 0 Å². The number of rotatable bonds is 8. The number of carbonyl (C=O) groups is 2. The fraction of sp³-hybridized carbons (Fsp3) is 0.364. The second-order valence-corrected chi connectivity index (χ2v) is 7.23. The molecule has 2 amide bonds. The highest BCUT2D eigenvalue weighted by Crippen LogP contribution is 2.20. The molecule has 0 bridgehead atoms. The molecule has 1 heterocycles. The fourth-order valence-electron chi connectivity index (χ4n) is 3.49. The lowest BCUT2D eigenvalue weighted by atomic mass is 10.2. The van der Waals surface area contributed by atoms with Crippen molar-refractivity contribution >= 4 is 17.5 Å². The van der Waals surface area contributed by atoms with Crippen molar-refractivity contribution in [2.24, 2.45) is 5.73 Å². The summed E-state index contributed by atoms with van der Waals surface area (Å²) in [5, 5.41) is 0. The molecule has 0 radical (unpaired) electrons. The van der Waals surface area contributed by atoms with Crippen LogP contribution in [-0.2, 0) is 16.1 Å². The number of anilines is 1. The van der Waals surface area contributed by atoms with Crippen LogP contribution in [0.5, 0.6) is 0 Å². The zero-order chi connectivity index (χ0) is 20.6. The Balaban J connectivity index is 1.56. The third kappa shape index (κ3) is 6.02. The zero-order valence-electron chi connectivity index (χ0n) is 16.5. The normalized spacial score (nSPS) is 14.6. The van der Waals surface area contributed by atoms with Gasteiger partial charge in [-0.3, -0.25) is 14.5 Å². The van der Waals surface area contributed by atoms with Gasteiger partial charge in [0, 0.05) is 45.7 Å². The summed E-state index contributed by atoms with van der Waals surface area (Å²) in [7, 11) is 0. The summed E-state index contributed by atoms with van der Waals surface area (Å²) in [5.41, 5.74) is 6.89. The second-order valence-electron chi connectivity index (χ2n) is 7.23. The van der Waals surface area contributed by atoms with E-state index >= 15 is 0 Å². The van der Waals surface area contributed by atoms with E-state index in [4.69, 9.17) is 5.73 Å². The van der Waals surface area contributed by atoms with Crippen LogP contribution in [0.3, 0.4) is 0 Å². The molecule has 1 fully saturated rings. The average molecular weight is 398 g/mol. The highest BCUT2D eigenvalue weighted by atomic mass is 19.1. The Kier molecular flexibility index (Phi) is 7.19. The number of primary amides is 1. The number of carbonyl (C=O) groups excluding carboxylic acids is 2. The van der Waals surface area contributed by atoms with Crippen LogP contribution in [0.4, 0.5) is 10.1 Å². The molecule has 0 aliphatic carbocycles. The first-order chi connectivity index (χ1) is 14.0. The Morgan fingerprint density at radius 2 is 1.62 bits per heavy atom. The van der Waals surface area contributed by atoms with Gasteiger partial charge in [-0.05, 0) is 17.7 Å².